The number of aryl methyl sites for hydroxylation is 1. The van der Waals surface area contributed by atoms with Gasteiger partial charge in [-0.3, -0.25) is 4.79 Å². The van der Waals surface area contributed by atoms with E-state index in [-0.39, 0.29) is 18.9 Å². The molecule has 6 heteroatoms. The summed E-state index contributed by atoms with van der Waals surface area (Å²) in [6.07, 6.45) is -0.291. The Morgan fingerprint density at radius 1 is 1.25 bits per heavy atom. The van der Waals surface area contributed by atoms with Crippen LogP contribution in [0, 0.1) is 6.92 Å². The molecule has 0 aliphatic heterocycles. The molecule has 24 heavy (non-hydrogen) atoms. The third-order valence-electron chi connectivity index (χ3n) is 3.12. The van der Waals surface area contributed by atoms with Crippen molar-refractivity contribution in [3.63, 3.8) is 0 Å². The third kappa shape index (κ3) is 8.41. The molecular formula is C18H28N2O4. The van der Waals surface area contributed by atoms with Gasteiger partial charge < -0.3 is 19.7 Å². The Hall–Kier alpha value is -2.24. The summed E-state index contributed by atoms with van der Waals surface area (Å²) in [5, 5.41) is 2.57. The number of nitrogens with one attached hydrogen (secondary N) is 1. The molecule has 0 aromatic heterocycles. The van der Waals surface area contributed by atoms with E-state index in [4.69, 9.17) is 9.47 Å². The van der Waals surface area contributed by atoms with E-state index >= 15 is 0 Å². The van der Waals surface area contributed by atoms with Crippen molar-refractivity contribution in [2.75, 3.05) is 26.7 Å². The quantitative estimate of drug-likeness (QED) is 0.831. The lowest BCUT2D eigenvalue weighted by Gasteiger charge is -2.20. The van der Waals surface area contributed by atoms with Crippen LogP contribution < -0.4 is 10.1 Å². The van der Waals surface area contributed by atoms with Crippen molar-refractivity contribution in [2.45, 2.75) is 39.7 Å². The van der Waals surface area contributed by atoms with Gasteiger partial charge >= 0.3 is 6.09 Å². The first kappa shape index (κ1) is 19.8. The minimum Gasteiger partial charge on any atom is -0.492 e. The van der Waals surface area contributed by atoms with E-state index in [0.29, 0.717) is 13.2 Å². The van der Waals surface area contributed by atoms with Crippen LogP contribution in [0.5, 0.6) is 5.75 Å². The maximum absolute atomic E-state index is 12.0. The van der Waals surface area contributed by atoms with Crippen LogP contribution in [0.4, 0.5) is 4.79 Å². The van der Waals surface area contributed by atoms with E-state index < -0.39 is 11.7 Å². The van der Waals surface area contributed by atoms with Gasteiger partial charge in [-0.15, -0.1) is 0 Å². The standard InChI is InChI=1S/C18H28N2O4/c1-14-7-6-8-15(13-14)23-12-11-20(5)16(21)9-10-19-17(22)24-18(2,3)4/h6-8,13H,9-12H2,1-5H3,(H,19,22). The van der Waals surface area contributed by atoms with Crippen molar-refractivity contribution < 1.29 is 19.1 Å². The fraction of sp³-hybridized carbons (Fsp3) is 0.556. The van der Waals surface area contributed by atoms with Crippen LogP contribution in [-0.4, -0.2) is 49.2 Å². The number of benzene rings is 1. The molecule has 0 bridgehead atoms. The van der Waals surface area contributed by atoms with E-state index in [2.05, 4.69) is 5.32 Å². The SMILES string of the molecule is Cc1cccc(OCCN(C)C(=O)CCNC(=O)OC(C)(C)C)c1. The number of carbonyl (C=O) groups excluding carboxylic acids is 2. The molecule has 1 aromatic rings. The van der Waals surface area contributed by atoms with E-state index in [1.807, 2.05) is 31.2 Å². The van der Waals surface area contributed by atoms with Crippen LogP contribution in [0.3, 0.4) is 0 Å². The predicted molar refractivity (Wildman–Crippen MR) is 93.2 cm³/mol. The lowest BCUT2D eigenvalue weighted by molar-refractivity contribution is -0.130. The number of carbonyl (C=O) groups is 2. The van der Waals surface area contributed by atoms with E-state index in [1.54, 1.807) is 32.7 Å². The highest BCUT2D eigenvalue weighted by Gasteiger charge is 2.16. The average molecular weight is 336 g/mol. The number of alkyl carbamates (subject to hydrolysis) is 1. The smallest absolute Gasteiger partial charge is 0.407 e. The first-order valence-electron chi connectivity index (χ1n) is 8.07. The summed E-state index contributed by atoms with van der Waals surface area (Å²) >= 11 is 0. The maximum atomic E-state index is 12.0. The lowest BCUT2D eigenvalue weighted by Crippen LogP contribution is -2.36. The van der Waals surface area contributed by atoms with E-state index in [1.165, 1.54) is 0 Å². The minimum absolute atomic E-state index is 0.0566. The average Bonchev–Trinajstić information content (AvgIpc) is 2.45. The number of amides is 2. The van der Waals surface area contributed by atoms with Crippen molar-refractivity contribution in [2.24, 2.45) is 0 Å². The zero-order valence-corrected chi connectivity index (χ0v) is 15.2. The number of hydrogen-bond donors (Lipinski definition) is 1. The number of rotatable bonds is 7. The van der Waals surface area contributed by atoms with Crippen molar-refractivity contribution in [1.82, 2.24) is 10.2 Å². The van der Waals surface area contributed by atoms with Gasteiger partial charge in [0.1, 0.15) is 18.0 Å². The summed E-state index contributed by atoms with van der Waals surface area (Å²) in [5.74, 6) is 0.737. The molecule has 1 aromatic carbocycles. The molecule has 0 saturated carbocycles. The molecule has 0 heterocycles. The second-order valence-corrected chi connectivity index (χ2v) is 6.66. The second-order valence-electron chi connectivity index (χ2n) is 6.66. The molecule has 0 aliphatic rings. The zero-order valence-electron chi connectivity index (χ0n) is 15.2. The van der Waals surface area contributed by atoms with Crippen LogP contribution >= 0.6 is 0 Å². The Balaban J connectivity index is 2.21. The molecule has 0 saturated heterocycles. The van der Waals surface area contributed by atoms with Crippen LogP contribution in [0.1, 0.15) is 32.8 Å². The number of ether oxygens (including phenoxy) is 2. The largest absolute Gasteiger partial charge is 0.492 e. The fourth-order valence-electron chi connectivity index (χ4n) is 1.91. The Morgan fingerprint density at radius 2 is 1.96 bits per heavy atom. The Bertz CT molecular complexity index is 552. The van der Waals surface area contributed by atoms with Gasteiger partial charge in [-0.1, -0.05) is 12.1 Å². The summed E-state index contributed by atoms with van der Waals surface area (Å²) in [6, 6.07) is 7.77. The van der Waals surface area contributed by atoms with Crippen molar-refractivity contribution in [3.8, 4) is 5.75 Å². The summed E-state index contributed by atoms with van der Waals surface area (Å²) in [5.41, 5.74) is 0.586. The number of likely N-dealkylation sites (N-methyl/N-ethyl adjacent to an activating group) is 1. The highest BCUT2D eigenvalue weighted by atomic mass is 16.6. The molecule has 6 nitrogen and oxygen atoms in total. The Morgan fingerprint density at radius 3 is 2.58 bits per heavy atom. The highest BCUT2D eigenvalue weighted by Crippen LogP contribution is 2.12. The Kier molecular flexibility index (Phi) is 7.55. The lowest BCUT2D eigenvalue weighted by atomic mass is 10.2. The third-order valence-corrected chi connectivity index (χ3v) is 3.12. The van der Waals surface area contributed by atoms with E-state index in [9.17, 15) is 9.59 Å². The highest BCUT2D eigenvalue weighted by molar-refractivity contribution is 5.77. The monoisotopic (exact) mass is 336 g/mol. The molecule has 1 N–H and O–H groups in total. The van der Waals surface area contributed by atoms with Crippen molar-refractivity contribution >= 4 is 12.0 Å². The summed E-state index contributed by atoms with van der Waals surface area (Å²) in [6.45, 7) is 8.53. The Labute approximate surface area is 144 Å². The first-order chi connectivity index (χ1) is 11.2. The molecule has 0 spiro atoms. The molecule has 134 valence electrons. The molecule has 2 amide bonds. The summed E-state index contributed by atoms with van der Waals surface area (Å²) in [7, 11) is 1.72. The minimum atomic E-state index is -0.544. The maximum Gasteiger partial charge on any atom is 0.407 e. The van der Waals surface area contributed by atoms with Gasteiger partial charge in [-0.05, 0) is 45.4 Å². The normalized spacial score (nSPS) is 10.9. The molecule has 0 radical (unpaired) electrons. The van der Waals surface area contributed by atoms with Crippen LogP contribution in [-0.2, 0) is 9.53 Å². The van der Waals surface area contributed by atoms with Gasteiger partial charge in [0.15, 0.2) is 0 Å². The molecule has 1 rings (SSSR count). The van der Waals surface area contributed by atoms with Crippen LogP contribution in [0.15, 0.2) is 24.3 Å². The van der Waals surface area contributed by atoms with Gasteiger partial charge in [0.05, 0.1) is 6.54 Å². The molecule has 0 atom stereocenters. The molecular weight excluding hydrogens is 308 g/mol. The predicted octanol–water partition coefficient (Wildman–Crippen LogP) is 2.75. The van der Waals surface area contributed by atoms with Gasteiger partial charge in [0, 0.05) is 20.0 Å². The summed E-state index contributed by atoms with van der Waals surface area (Å²) in [4.78, 5) is 25.1. The molecule has 0 fully saturated rings. The summed E-state index contributed by atoms with van der Waals surface area (Å²) < 4.78 is 10.7. The topological polar surface area (TPSA) is 67.9 Å². The van der Waals surface area contributed by atoms with Gasteiger partial charge in [-0.2, -0.15) is 0 Å². The van der Waals surface area contributed by atoms with Crippen LogP contribution in [0.2, 0.25) is 0 Å². The first-order valence-corrected chi connectivity index (χ1v) is 8.07. The molecule has 0 aliphatic carbocycles. The fourth-order valence-corrected chi connectivity index (χ4v) is 1.91. The molecule has 0 unspecified atom stereocenters. The number of hydrogen-bond acceptors (Lipinski definition) is 4. The second kappa shape index (κ2) is 9.15. The van der Waals surface area contributed by atoms with E-state index in [0.717, 1.165) is 11.3 Å². The number of nitrogens with zero attached hydrogens (tertiary/aromatic N) is 1. The van der Waals surface area contributed by atoms with Crippen molar-refractivity contribution in [3.05, 3.63) is 29.8 Å². The van der Waals surface area contributed by atoms with Crippen LogP contribution in [0.25, 0.3) is 0 Å². The van der Waals surface area contributed by atoms with Gasteiger partial charge in [0.2, 0.25) is 5.91 Å². The van der Waals surface area contributed by atoms with Gasteiger partial charge in [-0.25, -0.2) is 4.79 Å². The van der Waals surface area contributed by atoms with Gasteiger partial charge in [0.25, 0.3) is 0 Å². The van der Waals surface area contributed by atoms with Crippen molar-refractivity contribution in [1.29, 1.82) is 0 Å². The zero-order chi connectivity index (χ0) is 18.2.